The van der Waals surface area contributed by atoms with E-state index in [1.807, 2.05) is 36.4 Å². The quantitative estimate of drug-likeness (QED) is 0.148. The fraction of sp³-hybridized carbons (Fsp3) is 0.410. The summed E-state index contributed by atoms with van der Waals surface area (Å²) in [6.07, 6.45) is 10.6. The van der Waals surface area contributed by atoms with E-state index in [9.17, 15) is 4.79 Å². The lowest BCUT2D eigenvalue weighted by molar-refractivity contribution is -0.112. The molecule has 2 N–H and O–H groups in total. The maximum absolute atomic E-state index is 12.0. The van der Waals surface area contributed by atoms with E-state index < -0.39 is 0 Å². The molecule has 6 nitrogen and oxygen atoms in total. The van der Waals surface area contributed by atoms with Gasteiger partial charge in [0.1, 0.15) is 23.9 Å². The molecule has 0 spiro atoms. The summed E-state index contributed by atoms with van der Waals surface area (Å²) in [4.78, 5) is 15.5. The molecule has 47 heavy (non-hydrogen) atoms. The number of hydrogen-bond donors (Lipinski definition) is 1. The van der Waals surface area contributed by atoms with Gasteiger partial charge >= 0.3 is 0 Å². The predicted molar refractivity (Wildman–Crippen MR) is 197 cm³/mol. The Labute approximate surface area is 289 Å². The number of rotatable bonds is 8. The van der Waals surface area contributed by atoms with Crippen LogP contribution in [0.5, 0.6) is 11.5 Å². The molecule has 250 valence electrons. The maximum Gasteiger partial charge on any atom is 0.138 e. The molecule has 1 saturated carbocycles. The number of ether oxygens (including phenoxy) is 2. The van der Waals surface area contributed by atoms with Crippen molar-refractivity contribution in [1.82, 2.24) is 9.21 Å². The van der Waals surface area contributed by atoms with Crippen molar-refractivity contribution < 1.29 is 14.3 Å². The molecule has 0 radical (unpaired) electrons. The van der Waals surface area contributed by atoms with Gasteiger partial charge < -0.3 is 24.9 Å². The number of aldehydes is 1. The van der Waals surface area contributed by atoms with Crippen molar-refractivity contribution in [3.8, 4) is 22.6 Å². The molecule has 3 fully saturated rings. The second kappa shape index (κ2) is 17.9. The number of carbonyl (C=O) groups excluding carboxylic acids is 1. The number of benzene rings is 4. The Morgan fingerprint density at radius 1 is 0.723 bits per heavy atom. The molecule has 0 bridgehead atoms. The number of fused-ring (bicyclic) bond motifs is 1. The molecule has 2 atom stereocenters. The summed E-state index contributed by atoms with van der Waals surface area (Å²) in [6.45, 7) is 3.42. The predicted octanol–water partition coefficient (Wildman–Crippen LogP) is 8.89. The van der Waals surface area contributed by atoms with Crippen LogP contribution >= 0.6 is 23.5 Å². The van der Waals surface area contributed by atoms with Gasteiger partial charge in [-0.05, 0) is 155 Å². The first-order valence-electron chi connectivity index (χ1n) is 16.9. The molecular weight excluding hydrogens is 626 g/mol. The summed E-state index contributed by atoms with van der Waals surface area (Å²) >= 11 is 7.67. The van der Waals surface area contributed by atoms with E-state index in [1.165, 1.54) is 56.6 Å². The van der Waals surface area contributed by atoms with Gasteiger partial charge in [-0.3, -0.25) is 0 Å². The molecule has 4 aromatic rings. The van der Waals surface area contributed by atoms with Crippen molar-refractivity contribution >= 4 is 40.6 Å². The largest absolute Gasteiger partial charge is 0.490 e. The van der Waals surface area contributed by atoms with Crippen LogP contribution < -0.4 is 15.2 Å². The molecule has 1 unspecified atom stereocenters. The maximum atomic E-state index is 12.0. The Balaban J connectivity index is 0.000000482. The number of piperidine rings is 1. The lowest BCUT2D eigenvalue weighted by atomic mass is 10.0. The number of nitrogens with zero attached hydrogens (tertiary/aromatic N) is 2. The van der Waals surface area contributed by atoms with Crippen molar-refractivity contribution in [3.63, 3.8) is 0 Å². The lowest BCUT2D eigenvalue weighted by Gasteiger charge is -2.35. The molecule has 3 aliphatic rings. The van der Waals surface area contributed by atoms with Gasteiger partial charge in [0.2, 0.25) is 0 Å². The van der Waals surface area contributed by atoms with Crippen molar-refractivity contribution in [3.05, 3.63) is 90.0 Å². The number of halogens is 1. The zero-order valence-corrected chi connectivity index (χ0v) is 29.2. The molecule has 2 saturated heterocycles. The Morgan fingerprint density at radius 2 is 1.32 bits per heavy atom. The van der Waals surface area contributed by atoms with E-state index in [0.717, 1.165) is 64.6 Å². The number of carbonyl (C=O) groups is 1. The summed E-state index contributed by atoms with van der Waals surface area (Å²) in [5.41, 5.74) is 6.73. The van der Waals surface area contributed by atoms with Crippen LogP contribution in [0, 0.1) is 0 Å². The van der Waals surface area contributed by atoms with E-state index in [1.54, 1.807) is 11.9 Å². The summed E-state index contributed by atoms with van der Waals surface area (Å²) < 4.78 is 14.7. The first-order valence-corrected chi connectivity index (χ1v) is 18.1. The van der Waals surface area contributed by atoms with E-state index in [4.69, 9.17) is 21.1 Å². The minimum atomic E-state index is -0.194. The average molecular weight is 674 g/mol. The second-order valence-corrected chi connectivity index (χ2v) is 14.0. The van der Waals surface area contributed by atoms with Crippen molar-refractivity contribution in [2.24, 2.45) is 5.73 Å². The normalized spacial score (nSPS) is 20.2. The lowest BCUT2D eigenvalue weighted by Crippen LogP contribution is -2.43. The Bertz CT molecular complexity index is 1540. The monoisotopic (exact) mass is 673 g/mol. The van der Waals surface area contributed by atoms with Crippen LogP contribution in [0.4, 0.5) is 0 Å². The van der Waals surface area contributed by atoms with Gasteiger partial charge in [-0.15, -0.1) is 0 Å². The van der Waals surface area contributed by atoms with Crippen LogP contribution in [0.3, 0.4) is 0 Å². The molecule has 8 heteroatoms. The van der Waals surface area contributed by atoms with Crippen LogP contribution in [0.15, 0.2) is 89.8 Å². The molecule has 0 amide bonds. The van der Waals surface area contributed by atoms with Crippen molar-refractivity contribution in [2.45, 2.75) is 74.5 Å². The highest BCUT2D eigenvalue weighted by atomic mass is 35.5. The molecule has 4 aromatic carbocycles. The second-order valence-electron chi connectivity index (χ2n) is 12.4. The SMILES string of the molecule is CN.CN1CCCC1.O=CC1C[C@H](Oc2ccc(-c3ccc(Cl)cc3)cc2)CCN1Sc1ccc2cc(OC3CCCC3)ccc2c1. The third-order valence-corrected chi connectivity index (χ3v) is 10.4. The van der Waals surface area contributed by atoms with Gasteiger partial charge in [-0.25, -0.2) is 4.31 Å². The van der Waals surface area contributed by atoms with Crippen molar-refractivity contribution in [1.29, 1.82) is 0 Å². The van der Waals surface area contributed by atoms with Gasteiger partial charge in [0, 0.05) is 22.9 Å². The first kappa shape index (κ1) is 35.2. The third-order valence-electron chi connectivity index (χ3n) is 8.98. The molecule has 0 aromatic heterocycles. The van der Waals surface area contributed by atoms with Gasteiger partial charge in [-0.1, -0.05) is 48.0 Å². The number of hydrogen-bond acceptors (Lipinski definition) is 7. The molecule has 1 aliphatic carbocycles. The summed E-state index contributed by atoms with van der Waals surface area (Å²) in [5.74, 6) is 1.78. The van der Waals surface area contributed by atoms with Crippen LogP contribution in [0.25, 0.3) is 21.9 Å². The van der Waals surface area contributed by atoms with Gasteiger partial charge in [0.25, 0.3) is 0 Å². The summed E-state index contributed by atoms with van der Waals surface area (Å²) in [6, 6.07) is 28.6. The third kappa shape index (κ3) is 10.2. The highest BCUT2D eigenvalue weighted by Gasteiger charge is 2.30. The van der Waals surface area contributed by atoms with Crippen LogP contribution in [-0.2, 0) is 4.79 Å². The fourth-order valence-electron chi connectivity index (χ4n) is 6.39. The number of likely N-dealkylation sites (tertiary alicyclic amines) is 1. The van der Waals surface area contributed by atoms with Crippen LogP contribution in [0.2, 0.25) is 5.02 Å². The van der Waals surface area contributed by atoms with Crippen LogP contribution in [0.1, 0.15) is 51.4 Å². The minimum absolute atomic E-state index is 0.00771. The topological polar surface area (TPSA) is 68.0 Å². The van der Waals surface area contributed by atoms with Gasteiger partial charge in [0.15, 0.2) is 0 Å². The van der Waals surface area contributed by atoms with Crippen molar-refractivity contribution in [2.75, 3.05) is 33.7 Å². The highest BCUT2D eigenvalue weighted by Crippen LogP contribution is 2.34. The summed E-state index contributed by atoms with van der Waals surface area (Å²) in [7, 11) is 3.67. The number of nitrogens with two attached hydrogens (primary N) is 1. The molecule has 2 aliphatic heterocycles. The Hall–Kier alpha value is -3.07. The fourth-order valence-corrected chi connectivity index (χ4v) is 7.56. The zero-order valence-electron chi connectivity index (χ0n) is 27.7. The average Bonchev–Trinajstić information content (AvgIpc) is 3.81. The Morgan fingerprint density at radius 3 is 1.96 bits per heavy atom. The molecular formula is C39H48ClN3O3S. The van der Waals surface area contributed by atoms with Gasteiger partial charge in [0.05, 0.1) is 12.1 Å². The van der Waals surface area contributed by atoms with E-state index in [2.05, 4.69) is 70.5 Å². The standard InChI is InChI=1S/C33H32ClNO3S.C5H11N.CH5N/c34-27-11-5-23(6-12-27)24-7-13-30(14-8-24)38-32-17-18-35(28(21-32)22-36)39-33-16-10-25-19-31(15-9-26(25)20-33)37-29-3-1-2-4-29;1-6-4-2-3-5-6;1-2/h5-16,19-20,22,28-29,32H,1-4,17-18,21H2;2-5H2,1H3;2H2,1H3/t28?,32-;;/m1../s1. The Kier molecular flexibility index (Phi) is 13.4. The molecule has 2 heterocycles. The molecule has 7 rings (SSSR count). The zero-order chi connectivity index (χ0) is 33.0. The van der Waals surface area contributed by atoms with Crippen LogP contribution in [-0.4, -0.2) is 67.5 Å². The first-order chi connectivity index (χ1) is 23.0. The van der Waals surface area contributed by atoms with E-state index >= 15 is 0 Å². The van der Waals surface area contributed by atoms with E-state index in [-0.39, 0.29) is 12.1 Å². The minimum Gasteiger partial charge on any atom is -0.490 e. The van der Waals surface area contributed by atoms with E-state index in [0.29, 0.717) is 12.5 Å². The van der Waals surface area contributed by atoms with Gasteiger partial charge in [-0.2, -0.15) is 0 Å². The summed E-state index contributed by atoms with van der Waals surface area (Å²) in [5, 5.41) is 3.09. The highest BCUT2D eigenvalue weighted by molar-refractivity contribution is 7.97. The smallest absolute Gasteiger partial charge is 0.138 e.